The van der Waals surface area contributed by atoms with Crippen molar-refractivity contribution in [1.82, 2.24) is 19.5 Å². The van der Waals surface area contributed by atoms with E-state index in [2.05, 4.69) is 15.0 Å². The van der Waals surface area contributed by atoms with Crippen molar-refractivity contribution in [2.24, 2.45) is 0 Å². The number of rotatable bonds is 2. The Hall–Kier alpha value is -2.18. The summed E-state index contributed by atoms with van der Waals surface area (Å²) < 4.78 is 1.62. The molecule has 0 aromatic carbocycles. The van der Waals surface area contributed by atoms with Gasteiger partial charge in [0.2, 0.25) is 0 Å². The van der Waals surface area contributed by atoms with Crippen LogP contribution in [0, 0.1) is 0 Å². The molecule has 3 rings (SSSR count). The van der Waals surface area contributed by atoms with Crippen molar-refractivity contribution in [2.75, 3.05) is 0 Å². The highest BCUT2D eigenvalue weighted by Gasteiger charge is 2.14. The zero-order valence-corrected chi connectivity index (χ0v) is 11.3. The lowest BCUT2D eigenvalue weighted by molar-refractivity contribution is 0.0696. The van der Waals surface area contributed by atoms with Crippen molar-refractivity contribution in [3.05, 3.63) is 46.7 Å². The third-order valence-corrected chi connectivity index (χ3v) is 3.31. The summed E-state index contributed by atoms with van der Waals surface area (Å²) >= 11 is 12.1. The van der Waals surface area contributed by atoms with Crippen LogP contribution in [-0.2, 0) is 0 Å². The molecule has 0 saturated carbocycles. The van der Waals surface area contributed by atoms with Crippen molar-refractivity contribution < 1.29 is 9.90 Å². The van der Waals surface area contributed by atoms with Gasteiger partial charge in [-0.15, -0.1) is 0 Å². The monoisotopic (exact) mass is 308 g/mol. The number of nitrogens with zero attached hydrogens (tertiary/aromatic N) is 4. The fourth-order valence-corrected chi connectivity index (χ4v) is 2.41. The van der Waals surface area contributed by atoms with Gasteiger partial charge in [-0.05, 0) is 6.07 Å². The fraction of sp³-hybridized carbons (Fsp3) is 0. The first-order valence-corrected chi connectivity index (χ1v) is 6.19. The molecule has 3 aromatic rings. The minimum atomic E-state index is -1.06. The van der Waals surface area contributed by atoms with Gasteiger partial charge in [-0.25, -0.2) is 14.8 Å². The summed E-state index contributed by atoms with van der Waals surface area (Å²) in [5, 5.41) is 10.1. The Morgan fingerprint density at radius 2 is 2.05 bits per heavy atom. The van der Waals surface area contributed by atoms with Gasteiger partial charge in [-0.3, -0.25) is 9.55 Å². The first-order chi connectivity index (χ1) is 9.58. The highest BCUT2D eigenvalue weighted by Crippen LogP contribution is 2.31. The molecular formula is C12H6Cl2N4O2. The molecule has 0 aliphatic rings. The van der Waals surface area contributed by atoms with E-state index >= 15 is 0 Å². The van der Waals surface area contributed by atoms with Crippen LogP contribution in [0.15, 0.2) is 31.0 Å². The molecule has 0 saturated heterocycles. The van der Waals surface area contributed by atoms with E-state index in [1.54, 1.807) is 10.8 Å². The second kappa shape index (κ2) is 4.73. The van der Waals surface area contributed by atoms with Gasteiger partial charge in [-0.1, -0.05) is 23.2 Å². The number of pyridine rings is 1. The van der Waals surface area contributed by atoms with Crippen LogP contribution in [0.3, 0.4) is 0 Å². The lowest BCUT2D eigenvalue weighted by Gasteiger charge is -2.04. The molecule has 0 aliphatic heterocycles. The summed E-state index contributed by atoms with van der Waals surface area (Å²) in [5.74, 6) is -1.06. The van der Waals surface area contributed by atoms with Crippen molar-refractivity contribution in [2.45, 2.75) is 0 Å². The van der Waals surface area contributed by atoms with Crippen LogP contribution in [0.1, 0.15) is 10.4 Å². The van der Waals surface area contributed by atoms with Gasteiger partial charge in [0.05, 0.1) is 27.9 Å². The van der Waals surface area contributed by atoms with Crippen molar-refractivity contribution in [3.63, 3.8) is 0 Å². The van der Waals surface area contributed by atoms with Crippen molar-refractivity contribution in [1.29, 1.82) is 0 Å². The number of hydrogen-bond donors (Lipinski definition) is 1. The van der Waals surface area contributed by atoms with Gasteiger partial charge in [0.1, 0.15) is 11.5 Å². The second-order valence-corrected chi connectivity index (χ2v) is 4.71. The molecule has 0 radical (unpaired) electrons. The number of halogens is 2. The fourth-order valence-electron chi connectivity index (χ4n) is 1.86. The van der Waals surface area contributed by atoms with E-state index in [1.807, 2.05) is 0 Å². The van der Waals surface area contributed by atoms with Gasteiger partial charge in [0.15, 0.2) is 5.65 Å². The lowest BCUT2D eigenvalue weighted by Crippen LogP contribution is -2.01. The Morgan fingerprint density at radius 1 is 1.25 bits per heavy atom. The molecule has 100 valence electrons. The molecule has 0 fully saturated rings. The van der Waals surface area contributed by atoms with Crippen LogP contribution in [0.5, 0.6) is 0 Å². The molecule has 0 aliphatic carbocycles. The van der Waals surface area contributed by atoms with Crippen LogP contribution in [-0.4, -0.2) is 30.6 Å². The highest BCUT2D eigenvalue weighted by molar-refractivity contribution is 6.41. The Labute approximate surface area is 122 Å². The number of carboxylic acid groups (broad SMARTS) is 1. The van der Waals surface area contributed by atoms with Gasteiger partial charge in [0.25, 0.3) is 0 Å². The SMILES string of the molecule is O=C(O)c1cncc(-n2cc(Cl)c3c(Cl)ncnc32)c1. The average Bonchev–Trinajstić information content (AvgIpc) is 2.78. The molecule has 3 aromatic heterocycles. The first-order valence-electron chi connectivity index (χ1n) is 5.43. The summed E-state index contributed by atoms with van der Waals surface area (Å²) in [4.78, 5) is 22.9. The largest absolute Gasteiger partial charge is 0.478 e. The molecule has 0 unspecified atom stereocenters. The Kier molecular flexibility index (Phi) is 3.04. The summed E-state index contributed by atoms with van der Waals surface area (Å²) in [7, 11) is 0. The summed E-state index contributed by atoms with van der Waals surface area (Å²) in [6, 6.07) is 1.47. The maximum absolute atomic E-state index is 11.0. The molecule has 0 atom stereocenters. The smallest absolute Gasteiger partial charge is 0.337 e. The first kappa shape index (κ1) is 12.8. The minimum absolute atomic E-state index is 0.0700. The Morgan fingerprint density at radius 3 is 2.80 bits per heavy atom. The van der Waals surface area contributed by atoms with Crippen LogP contribution in [0.4, 0.5) is 0 Å². The Balaban J connectivity index is 2.28. The highest BCUT2D eigenvalue weighted by atomic mass is 35.5. The number of aromatic nitrogens is 4. The molecule has 1 N–H and O–H groups in total. The zero-order valence-electron chi connectivity index (χ0n) is 9.79. The van der Waals surface area contributed by atoms with Crippen LogP contribution >= 0.6 is 23.2 Å². The zero-order chi connectivity index (χ0) is 14.3. The lowest BCUT2D eigenvalue weighted by atomic mass is 10.2. The predicted molar refractivity (Wildman–Crippen MR) is 73.6 cm³/mol. The van der Waals surface area contributed by atoms with E-state index in [-0.39, 0.29) is 10.7 Å². The molecule has 20 heavy (non-hydrogen) atoms. The normalized spacial score (nSPS) is 10.9. The molecule has 3 heterocycles. The average molecular weight is 309 g/mol. The molecule has 0 bridgehead atoms. The summed E-state index contributed by atoms with van der Waals surface area (Å²) in [6.07, 6.45) is 5.68. The molecule has 0 amide bonds. The van der Waals surface area contributed by atoms with Crippen molar-refractivity contribution >= 4 is 40.2 Å². The number of fused-ring (bicyclic) bond motifs is 1. The minimum Gasteiger partial charge on any atom is -0.478 e. The quantitative estimate of drug-likeness (QED) is 0.736. The number of carboxylic acids is 1. The standard InChI is InChI=1S/C12H6Cl2N4O2/c13-8-4-18(11-9(8)10(14)16-5-17-11)7-1-6(12(19)20)2-15-3-7/h1-5H,(H,19,20). The van der Waals surface area contributed by atoms with E-state index in [0.717, 1.165) is 0 Å². The third-order valence-electron chi connectivity index (χ3n) is 2.74. The third kappa shape index (κ3) is 1.99. The van der Waals surface area contributed by atoms with Gasteiger partial charge in [0, 0.05) is 12.4 Å². The second-order valence-electron chi connectivity index (χ2n) is 3.95. The van der Waals surface area contributed by atoms with Crippen LogP contribution in [0.25, 0.3) is 16.7 Å². The van der Waals surface area contributed by atoms with E-state index in [9.17, 15) is 4.79 Å². The van der Waals surface area contributed by atoms with E-state index < -0.39 is 5.97 Å². The Bertz CT molecular complexity index is 831. The van der Waals surface area contributed by atoms with Gasteiger partial charge in [-0.2, -0.15) is 0 Å². The van der Waals surface area contributed by atoms with E-state index in [4.69, 9.17) is 28.3 Å². The van der Waals surface area contributed by atoms with Crippen LogP contribution < -0.4 is 0 Å². The number of carbonyl (C=O) groups is 1. The van der Waals surface area contributed by atoms with Crippen molar-refractivity contribution in [3.8, 4) is 5.69 Å². The molecule has 6 nitrogen and oxygen atoms in total. The van der Waals surface area contributed by atoms with Gasteiger partial charge >= 0.3 is 5.97 Å². The maximum atomic E-state index is 11.0. The van der Waals surface area contributed by atoms with Crippen LogP contribution in [0.2, 0.25) is 10.2 Å². The van der Waals surface area contributed by atoms with E-state index in [1.165, 1.54) is 24.8 Å². The molecular weight excluding hydrogens is 303 g/mol. The number of aromatic carboxylic acids is 1. The number of hydrogen-bond acceptors (Lipinski definition) is 4. The summed E-state index contributed by atoms with van der Waals surface area (Å²) in [6.45, 7) is 0. The maximum Gasteiger partial charge on any atom is 0.337 e. The van der Waals surface area contributed by atoms with E-state index in [0.29, 0.717) is 21.7 Å². The topological polar surface area (TPSA) is 80.9 Å². The molecule has 8 heteroatoms. The summed E-state index contributed by atoms with van der Waals surface area (Å²) in [5.41, 5.74) is 1.08. The van der Waals surface area contributed by atoms with Gasteiger partial charge < -0.3 is 5.11 Å². The predicted octanol–water partition coefficient (Wildman–Crippen LogP) is 2.82. The molecule has 0 spiro atoms.